The number of hydrogen-bond acceptors (Lipinski definition) is 6. The van der Waals surface area contributed by atoms with Crippen molar-refractivity contribution >= 4 is 5.82 Å². The van der Waals surface area contributed by atoms with Gasteiger partial charge in [0.25, 0.3) is 0 Å². The zero-order valence-corrected chi connectivity index (χ0v) is 21.1. The minimum atomic E-state index is -4.42. The number of halogens is 3. The predicted octanol–water partition coefficient (Wildman–Crippen LogP) is 4.86. The third-order valence-electron chi connectivity index (χ3n) is 7.17. The summed E-state index contributed by atoms with van der Waals surface area (Å²) < 4.78 is 45.0. The highest BCUT2D eigenvalue weighted by molar-refractivity contribution is 5.38. The van der Waals surface area contributed by atoms with Crippen molar-refractivity contribution in [3.63, 3.8) is 0 Å². The molecule has 198 valence electrons. The molecule has 4 rings (SSSR count). The van der Waals surface area contributed by atoms with Gasteiger partial charge in [-0.15, -0.1) is 0 Å². The van der Waals surface area contributed by atoms with Crippen molar-refractivity contribution in [2.45, 2.75) is 44.3 Å². The summed E-state index contributed by atoms with van der Waals surface area (Å²) in [6.45, 7) is 9.08. The molecule has 0 aromatic carbocycles. The Morgan fingerprint density at radius 3 is 2.56 bits per heavy atom. The molecule has 0 unspecified atom stereocenters. The van der Waals surface area contributed by atoms with Crippen LogP contribution in [0.3, 0.4) is 0 Å². The third kappa shape index (κ3) is 6.97. The van der Waals surface area contributed by atoms with E-state index in [1.807, 2.05) is 6.92 Å². The van der Waals surface area contributed by atoms with Gasteiger partial charge in [0, 0.05) is 57.7 Å². The summed E-state index contributed by atoms with van der Waals surface area (Å²) in [7, 11) is 0. The summed E-state index contributed by atoms with van der Waals surface area (Å²) >= 11 is 0. The lowest BCUT2D eigenvalue weighted by atomic mass is 9.86. The van der Waals surface area contributed by atoms with Gasteiger partial charge in [-0.3, -0.25) is 14.6 Å². The molecule has 0 bridgehead atoms. The van der Waals surface area contributed by atoms with E-state index in [1.165, 1.54) is 11.6 Å². The highest BCUT2D eigenvalue weighted by Crippen LogP contribution is 2.33. The molecule has 1 aromatic heterocycles. The van der Waals surface area contributed by atoms with Gasteiger partial charge < -0.3 is 4.74 Å². The summed E-state index contributed by atoms with van der Waals surface area (Å²) in [6.07, 6.45) is 10.8. The van der Waals surface area contributed by atoms with E-state index < -0.39 is 11.7 Å². The van der Waals surface area contributed by atoms with Gasteiger partial charge in [0.1, 0.15) is 0 Å². The third-order valence-corrected chi connectivity index (χ3v) is 7.17. The van der Waals surface area contributed by atoms with Crippen LogP contribution < -0.4 is 5.06 Å². The maximum absolute atomic E-state index is 13.1. The first-order valence-electron chi connectivity index (χ1n) is 12.9. The van der Waals surface area contributed by atoms with Gasteiger partial charge >= 0.3 is 6.18 Å². The Morgan fingerprint density at radius 1 is 1.11 bits per heavy atom. The first-order chi connectivity index (χ1) is 17.4. The summed E-state index contributed by atoms with van der Waals surface area (Å²) in [5.41, 5.74) is 0.406. The van der Waals surface area contributed by atoms with E-state index in [0.717, 1.165) is 70.7 Å². The lowest BCUT2D eigenvalue weighted by Gasteiger charge is -2.51. The summed E-state index contributed by atoms with van der Waals surface area (Å²) in [5.74, 6) is 0.404. The Balaban J connectivity index is 1.46. The molecule has 9 heteroatoms. The van der Waals surface area contributed by atoms with Crippen molar-refractivity contribution in [1.82, 2.24) is 14.8 Å². The maximum Gasteiger partial charge on any atom is 0.417 e. The van der Waals surface area contributed by atoms with Gasteiger partial charge in [-0.25, -0.2) is 10.0 Å². The molecule has 3 aliphatic rings. The molecule has 1 aromatic rings. The predicted molar refractivity (Wildman–Crippen MR) is 135 cm³/mol. The molecule has 2 saturated heterocycles. The van der Waals surface area contributed by atoms with Crippen molar-refractivity contribution < 1.29 is 22.7 Å². The Morgan fingerprint density at radius 2 is 1.89 bits per heavy atom. The molecule has 0 atom stereocenters. The Kier molecular flexibility index (Phi) is 9.22. The quantitative estimate of drug-likeness (QED) is 0.446. The van der Waals surface area contributed by atoms with Crippen LogP contribution >= 0.6 is 0 Å². The molecule has 1 aliphatic carbocycles. The average Bonchev–Trinajstić information content (AvgIpc) is 3.16. The average molecular weight is 507 g/mol. The highest BCUT2D eigenvalue weighted by Gasteiger charge is 2.42. The normalized spacial score (nSPS) is 21.3. The number of rotatable bonds is 9. The number of hydrogen-bond donors (Lipinski definition) is 0. The van der Waals surface area contributed by atoms with E-state index in [0.29, 0.717) is 32.2 Å². The van der Waals surface area contributed by atoms with Crippen molar-refractivity contribution in [2.75, 3.05) is 64.2 Å². The molecule has 0 spiro atoms. The number of anilines is 1. The highest BCUT2D eigenvalue weighted by atomic mass is 19.4. The van der Waals surface area contributed by atoms with Crippen LogP contribution in [0, 0.1) is 0 Å². The standard InChI is InChI=1S/C27H37F3N4O2/c1-2-17-36-34(25-10-9-24(20-31-25)27(28,29)30)22-26(11-18-35-19-12-26)33-15-13-32(14-16-33)21-23-7-5-3-4-6-8-23/h3-5,7-10,20H,2,6,11-19,21-22H2,1H3. The lowest BCUT2D eigenvalue weighted by molar-refractivity contribution is -0.137. The van der Waals surface area contributed by atoms with Crippen LogP contribution in [0.25, 0.3) is 0 Å². The summed E-state index contributed by atoms with van der Waals surface area (Å²) in [4.78, 5) is 15.2. The monoisotopic (exact) mass is 506 g/mol. The van der Waals surface area contributed by atoms with E-state index in [-0.39, 0.29) is 5.54 Å². The number of pyridine rings is 1. The maximum atomic E-state index is 13.1. The molecular weight excluding hydrogens is 469 g/mol. The fourth-order valence-corrected chi connectivity index (χ4v) is 5.07. The molecule has 0 radical (unpaired) electrons. The smallest absolute Gasteiger partial charge is 0.381 e. The van der Waals surface area contributed by atoms with Crippen LogP contribution in [0.15, 0.2) is 54.3 Å². The topological polar surface area (TPSA) is 41.1 Å². The summed E-state index contributed by atoms with van der Waals surface area (Å²) in [6, 6.07) is 2.48. The second-order valence-corrected chi connectivity index (χ2v) is 9.67. The number of allylic oxidation sites excluding steroid dienone is 4. The number of alkyl halides is 3. The van der Waals surface area contributed by atoms with Crippen molar-refractivity contribution in [2.24, 2.45) is 0 Å². The zero-order valence-electron chi connectivity index (χ0n) is 21.1. The molecule has 2 fully saturated rings. The number of ether oxygens (including phenoxy) is 1. The van der Waals surface area contributed by atoms with E-state index in [4.69, 9.17) is 9.57 Å². The van der Waals surface area contributed by atoms with E-state index in [9.17, 15) is 13.2 Å². The van der Waals surface area contributed by atoms with Crippen LogP contribution in [0.1, 0.15) is 38.2 Å². The van der Waals surface area contributed by atoms with Crippen molar-refractivity contribution in [1.29, 1.82) is 0 Å². The van der Waals surface area contributed by atoms with Gasteiger partial charge in [0.05, 0.1) is 18.7 Å². The van der Waals surface area contributed by atoms with Gasteiger partial charge in [0.2, 0.25) is 0 Å². The van der Waals surface area contributed by atoms with Crippen molar-refractivity contribution in [3.8, 4) is 0 Å². The van der Waals surface area contributed by atoms with Gasteiger partial charge in [-0.05, 0) is 43.4 Å². The SMILES string of the molecule is CCCON(CC1(N2CCN(CC3=CCC=CC=C3)CC2)CCOCC1)c1ccc(C(F)(F)F)cn1. The van der Waals surface area contributed by atoms with E-state index in [1.54, 1.807) is 5.06 Å². The second kappa shape index (κ2) is 12.4. The molecule has 3 heterocycles. The zero-order chi connectivity index (χ0) is 25.4. The summed E-state index contributed by atoms with van der Waals surface area (Å²) in [5, 5.41) is 1.70. The molecule has 0 amide bonds. The molecule has 2 aliphatic heterocycles. The fourth-order valence-electron chi connectivity index (χ4n) is 5.07. The molecule has 0 N–H and O–H groups in total. The van der Waals surface area contributed by atoms with Crippen LogP contribution in [0.5, 0.6) is 0 Å². The van der Waals surface area contributed by atoms with Gasteiger partial charge in [0.15, 0.2) is 5.82 Å². The minimum absolute atomic E-state index is 0.187. The van der Waals surface area contributed by atoms with Crippen LogP contribution in [-0.2, 0) is 15.8 Å². The second-order valence-electron chi connectivity index (χ2n) is 9.67. The Bertz CT molecular complexity index is 916. The fraction of sp³-hybridized carbons (Fsp3) is 0.593. The number of aromatic nitrogens is 1. The van der Waals surface area contributed by atoms with E-state index in [2.05, 4.69) is 45.2 Å². The Hall–Kier alpha value is -2.20. The number of hydroxylamine groups is 1. The van der Waals surface area contributed by atoms with Gasteiger partial charge in [-0.2, -0.15) is 13.2 Å². The minimum Gasteiger partial charge on any atom is -0.381 e. The molecular formula is C27H37F3N4O2. The largest absolute Gasteiger partial charge is 0.417 e. The number of piperazine rings is 1. The molecule has 6 nitrogen and oxygen atoms in total. The first kappa shape index (κ1) is 26.9. The van der Waals surface area contributed by atoms with Gasteiger partial charge in [-0.1, -0.05) is 37.3 Å². The van der Waals surface area contributed by atoms with Crippen LogP contribution in [0.4, 0.5) is 19.0 Å². The first-order valence-corrected chi connectivity index (χ1v) is 12.9. The van der Waals surface area contributed by atoms with Crippen molar-refractivity contribution in [3.05, 3.63) is 59.8 Å². The van der Waals surface area contributed by atoms with Crippen LogP contribution in [-0.4, -0.2) is 79.4 Å². The van der Waals surface area contributed by atoms with E-state index >= 15 is 0 Å². The number of nitrogens with zero attached hydrogens (tertiary/aromatic N) is 4. The molecule has 0 saturated carbocycles. The lowest BCUT2D eigenvalue weighted by Crippen LogP contribution is -2.63. The Labute approximate surface area is 212 Å². The van der Waals surface area contributed by atoms with Crippen LogP contribution in [0.2, 0.25) is 0 Å². The molecule has 36 heavy (non-hydrogen) atoms.